The van der Waals surface area contributed by atoms with Crippen LogP contribution in [0, 0.1) is 17.0 Å². The smallest absolute Gasteiger partial charge is 0.329 e. The maximum atomic E-state index is 12.7. The normalized spacial score (nSPS) is 14.7. The monoisotopic (exact) mass is 433 g/mol. The standard InChI is InChI=1S/C23H19N3O6/c1-14-4-3-5-15(10-14)13-25-22(27)19(24-23(25)28)12-17-7-9-20(32-17)18-8-6-16(26(29)30)11-21(18)31-2/h3-12H,13H2,1-2H3,(H,24,28)/b19-12+. The van der Waals surface area contributed by atoms with Crippen molar-refractivity contribution in [1.82, 2.24) is 10.2 Å². The highest BCUT2D eigenvalue weighted by molar-refractivity contribution is 6.13. The predicted molar refractivity (Wildman–Crippen MR) is 116 cm³/mol. The van der Waals surface area contributed by atoms with Gasteiger partial charge in [0.1, 0.15) is 23.0 Å². The number of ether oxygens (including phenoxy) is 1. The summed E-state index contributed by atoms with van der Waals surface area (Å²) in [6.07, 6.45) is 1.44. The molecule has 3 aromatic rings. The van der Waals surface area contributed by atoms with Crippen LogP contribution in [0.4, 0.5) is 10.5 Å². The molecule has 0 bridgehead atoms. The number of nitro groups is 1. The van der Waals surface area contributed by atoms with E-state index in [1.807, 2.05) is 31.2 Å². The summed E-state index contributed by atoms with van der Waals surface area (Å²) in [5, 5.41) is 13.5. The minimum Gasteiger partial charge on any atom is -0.496 e. The third-order valence-corrected chi connectivity index (χ3v) is 4.96. The Morgan fingerprint density at radius 2 is 1.97 bits per heavy atom. The van der Waals surface area contributed by atoms with Gasteiger partial charge in [-0.2, -0.15) is 0 Å². The predicted octanol–water partition coefficient (Wildman–Crippen LogP) is 4.26. The highest BCUT2D eigenvalue weighted by Crippen LogP contribution is 2.34. The first kappa shape index (κ1) is 20.9. The number of furan rings is 1. The fourth-order valence-electron chi connectivity index (χ4n) is 3.42. The topological polar surface area (TPSA) is 115 Å². The first-order chi connectivity index (χ1) is 15.4. The summed E-state index contributed by atoms with van der Waals surface area (Å²) in [6, 6.07) is 14.5. The number of methoxy groups -OCH3 is 1. The van der Waals surface area contributed by atoms with E-state index >= 15 is 0 Å². The number of amides is 3. The highest BCUT2D eigenvalue weighted by atomic mass is 16.6. The van der Waals surface area contributed by atoms with Crippen molar-refractivity contribution in [1.29, 1.82) is 0 Å². The summed E-state index contributed by atoms with van der Waals surface area (Å²) >= 11 is 0. The molecule has 4 rings (SSSR count). The summed E-state index contributed by atoms with van der Waals surface area (Å²) in [5.41, 5.74) is 2.40. The molecular formula is C23H19N3O6. The number of carbonyl (C=O) groups is 2. The van der Waals surface area contributed by atoms with E-state index in [1.165, 1.54) is 31.4 Å². The third-order valence-electron chi connectivity index (χ3n) is 4.96. The zero-order valence-electron chi connectivity index (χ0n) is 17.3. The highest BCUT2D eigenvalue weighted by Gasteiger charge is 2.33. The van der Waals surface area contributed by atoms with E-state index in [0.717, 1.165) is 16.0 Å². The van der Waals surface area contributed by atoms with E-state index in [4.69, 9.17) is 9.15 Å². The molecule has 1 fully saturated rings. The largest absolute Gasteiger partial charge is 0.496 e. The van der Waals surface area contributed by atoms with E-state index in [9.17, 15) is 19.7 Å². The molecule has 9 nitrogen and oxygen atoms in total. The average molecular weight is 433 g/mol. The van der Waals surface area contributed by atoms with Gasteiger partial charge in [0.2, 0.25) is 0 Å². The van der Waals surface area contributed by atoms with Crippen molar-refractivity contribution in [3.8, 4) is 17.1 Å². The van der Waals surface area contributed by atoms with Gasteiger partial charge in [0.15, 0.2) is 0 Å². The van der Waals surface area contributed by atoms with Gasteiger partial charge >= 0.3 is 6.03 Å². The number of imide groups is 1. The lowest BCUT2D eigenvalue weighted by Crippen LogP contribution is -2.30. The molecule has 32 heavy (non-hydrogen) atoms. The number of nitrogens with one attached hydrogen (secondary N) is 1. The SMILES string of the molecule is COc1cc([N+](=O)[O-])ccc1-c1ccc(/C=C2/NC(=O)N(Cc3cccc(C)c3)C2=O)o1. The Morgan fingerprint density at radius 1 is 1.16 bits per heavy atom. The van der Waals surface area contributed by atoms with Crippen molar-refractivity contribution in [3.63, 3.8) is 0 Å². The van der Waals surface area contributed by atoms with Crippen molar-refractivity contribution in [2.75, 3.05) is 7.11 Å². The van der Waals surface area contributed by atoms with Crippen LogP contribution in [0.3, 0.4) is 0 Å². The van der Waals surface area contributed by atoms with Gasteiger partial charge in [-0.25, -0.2) is 4.79 Å². The first-order valence-electron chi connectivity index (χ1n) is 9.68. The van der Waals surface area contributed by atoms with E-state index in [2.05, 4.69) is 5.32 Å². The zero-order chi connectivity index (χ0) is 22.8. The number of aryl methyl sites for hydroxylation is 1. The number of nitro benzene ring substituents is 1. The van der Waals surface area contributed by atoms with E-state index < -0.39 is 16.9 Å². The molecule has 162 valence electrons. The molecule has 3 amide bonds. The number of hydrogen-bond donors (Lipinski definition) is 1. The Kier molecular flexibility index (Phi) is 5.46. The van der Waals surface area contributed by atoms with Crippen LogP contribution < -0.4 is 10.1 Å². The lowest BCUT2D eigenvalue weighted by atomic mass is 10.1. The summed E-state index contributed by atoms with van der Waals surface area (Å²) in [4.78, 5) is 36.7. The molecule has 1 aliphatic heterocycles. The van der Waals surface area contributed by atoms with Gasteiger partial charge in [-0.15, -0.1) is 0 Å². The fourth-order valence-corrected chi connectivity index (χ4v) is 3.42. The van der Waals surface area contributed by atoms with Crippen molar-refractivity contribution in [2.24, 2.45) is 0 Å². The number of nitrogens with zero attached hydrogens (tertiary/aromatic N) is 2. The van der Waals surface area contributed by atoms with Crippen LogP contribution >= 0.6 is 0 Å². The Hall–Kier alpha value is -4.40. The Bertz CT molecular complexity index is 1260. The molecule has 1 aromatic heterocycles. The van der Waals surface area contributed by atoms with Crippen LogP contribution in [0.15, 0.2) is 64.7 Å². The van der Waals surface area contributed by atoms with Crippen molar-refractivity contribution in [2.45, 2.75) is 13.5 Å². The molecule has 1 aliphatic rings. The molecule has 0 unspecified atom stereocenters. The third kappa shape index (κ3) is 4.08. The van der Waals surface area contributed by atoms with Gasteiger partial charge in [-0.05, 0) is 30.7 Å². The summed E-state index contributed by atoms with van der Waals surface area (Å²) in [6.45, 7) is 2.10. The van der Waals surface area contributed by atoms with Gasteiger partial charge in [-0.1, -0.05) is 29.8 Å². The zero-order valence-corrected chi connectivity index (χ0v) is 17.3. The molecule has 1 saturated heterocycles. The van der Waals surface area contributed by atoms with Crippen LogP contribution in [0.5, 0.6) is 5.75 Å². The van der Waals surface area contributed by atoms with E-state index in [1.54, 1.807) is 12.1 Å². The quantitative estimate of drug-likeness (QED) is 0.269. The average Bonchev–Trinajstić information content (AvgIpc) is 3.33. The van der Waals surface area contributed by atoms with Gasteiger partial charge in [0.05, 0.1) is 30.2 Å². The minimum absolute atomic E-state index is 0.0965. The molecule has 0 atom stereocenters. The Labute approximate surface area is 183 Å². The maximum absolute atomic E-state index is 12.7. The molecule has 0 saturated carbocycles. The van der Waals surface area contributed by atoms with Crippen molar-refractivity contribution in [3.05, 3.63) is 87.3 Å². The molecule has 1 N–H and O–H groups in total. The molecule has 9 heteroatoms. The van der Waals surface area contributed by atoms with Crippen LogP contribution in [0.25, 0.3) is 17.4 Å². The van der Waals surface area contributed by atoms with E-state index in [-0.39, 0.29) is 23.7 Å². The molecular weight excluding hydrogens is 414 g/mol. The second kappa shape index (κ2) is 8.38. The summed E-state index contributed by atoms with van der Waals surface area (Å²) in [5.74, 6) is 0.558. The number of hydrogen-bond acceptors (Lipinski definition) is 6. The van der Waals surface area contributed by atoms with Gasteiger partial charge in [0, 0.05) is 12.1 Å². The Morgan fingerprint density at radius 3 is 2.69 bits per heavy atom. The number of urea groups is 1. The van der Waals surface area contributed by atoms with Crippen LogP contribution in [-0.2, 0) is 11.3 Å². The molecule has 0 spiro atoms. The lowest BCUT2D eigenvalue weighted by Gasteiger charge is -2.12. The fraction of sp³-hybridized carbons (Fsp3) is 0.130. The molecule has 2 aromatic carbocycles. The molecule has 0 aliphatic carbocycles. The van der Waals surface area contributed by atoms with E-state index in [0.29, 0.717) is 17.1 Å². The number of rotatable bonds is 6. The van der Waals surface area contributed by atoms with Gasteiger partial charge in [0.25, 0.3) is 11.6 Å². The van der Waals surface area contributed by atoms with Crippen LogP contribution in [0.1, 0.15) is 16.9 Å². The number of carbonyl (C=O) groups excluding carboxylic acids is 2. The number of benzene rings is 2. The van der Waals surface area contributed by atoms with Crippen molar-refractivity contribution >= 4 is 23.7 Å². The summed E-state index contributed by atoms with van der Waals surface area (Å²) in [7, 11) is 1.41. The van der Waals surface area contributed by atoms with Crippen molar-refractivity contribution < 1.29 is 23.7 Å². The second-order valence-corrected chi connectivity index (χ2v) is 7.21. The van der Waals surface area contributed by atoms with Gasteiger partial charge in [-0.3, -0.25) is 19.8 Å². The first-order valence-corrected chi connectivity index (χ1v) is 9.68. The second-order valence-electron chi connectivity index (χ2n) is 7.21. The van der Waals surface area contributed by atoms with Crippen LogP contribution in [-0.4, -0.2) is 28.9 Å². The molecule has 0 radical (unpaired) electrons. The Balaban J connectivity index is 1.56. The van der Waals surface area contributed by atoms with Gasteiger partial charge < -0.3 is 14.5 Å². The molecule has 2 heterocycles. The van der Waals surface area contributed by atoms with Crippen LogP contribution in [0.2, 0.25) is 0 Å². The lowest BCUT2D eigenvalue weighted by molar-refractivity contribution is -0.384. The number of non-ortho nitro benzene ring substituents is 1. The minimum atomic E-state index is -0.513. The summed E-state index contributed by atoms with van der Waals surface area (Å²) < 4.78 is 11.0. The maximum Gasteiger partial charge on any atom is 0.329 e.